The van der Waals surface area contributed by atoms with Crippen molar-refractivity contribution in [3.63, 3.8) is 0 Å². The first-order chi connectivity index (χ1) is 15.9. The Bertz CT molecular complexity index is 1380. The number of fused-ring (bicyclic) bond motifs is 2. The third-order valence-corrected chi connectivity index (χ3v) is 5.70. The van der Waals surface area contributed by atoms with E-state index in [4.69, 9.17) is 10.4 Å². The molecule has 0 saturated carbocycles. The third kappa shape index (κ3) is 3.96. The number of carbonyl (C=O) groups excluding carboxylic acids is 2. The molecule has 4 N–H and O–H groups in total. The normalized spacial score (nSPS) is 15.3. The van der Waals surface area contributed by atoms with Gasteiger partial charge in [-0.3, -0.25) is 14.7 Å². The van der Waals surface area contributed by atoms with Crippen molar-refractivity contribution in [2.24, 2.45) is 0 Å². The van der Waals surface area contributed by atoms with Crippen LogP contribution in [0.4, 0.5) is 5.82 Å². The summed E-state index contributed by atoms with van der Waals surface area (Å²) in [7, 11) is -1.17. The number of nitrogens with two attached hydrogens (primary N) is 1. The Kier molecular flexibility index (Phi) is 5.13. The van der Waals surface area contributed by atoms with Crippen LogP contribution in [0.1, 0.15) is 29.3 Å². The average Bonchev–Trinajstić information content (AvgIpc) is 3.40. The lowest BCUT2D eigenvalue weighted by Crippen LogP contribution is -2.36. The SMILES string of the molecule is CC(=O)c1cccc2c1OB(O)[C@@H](CC(=O)Cn1cc(-c3cnc4n[nH]c(N)c4c3)nn1)C2. The van der Waals surface area contributed by atoms with Crippen LogP contribution in [0, 0.1) is 0 Å². The average molecular weight is 445 g/mol. The van der Waals surface area contributed by atoms with Crippen molar-refractivity contribution in [1.29, 1.82) is 0 Å². The summed E-state index contributed by atoms with van der Waals surface area (Å²) >= 11 is 0. The summed E-state index contributed by atoms with van der Waals surface area (Å²) < 4.78 is 7.05. The molecule has 0 fully saturated rings. The number of hydrogen-bond acceptors (Lipinski definition) is 9. The Morgan fingerprint density at radius 3 is 3.06 bits per heavy atom. The second-order valence-corrected chi connectivity index (χ2v) is 8.10. The van der Waals surface area contributed by atoms with E-state index in [0.717, 1.165) is 5.56 Å². The van der Waals surface area contributed by atoms with E-state index in [1.54, 1.807) is 30.6 Å². The third-order valence-electron chi connectivity index (χ3n) is 5.70. The van der Waals surface area contributed by atoms with Crippen LogP contribution in [0.2, 0.25) is 5.82 Å². The van der Waals surface area contributed by atoms with E-state index in [2.05, 4.69) is 25.5 Å². The molecule has 4 aromatic rings. The van der Waals surface area contributed by atoms with Crippen LogP contribution in [0.15, 0.2) is 36.7 Å². The molecule has 5 rings (SSSR count). The van der Waals surface area contributed by atoms with Gasteiger partial charge in [0.2, 0.25) is 0 Å². The Hall–Kier alpha value is -4.06. The summed E-state index contributed by atoms with van der Waals surface area (Å²) in [6.07, 6.45) is 3.80. The number of nitrogens with one attached hydrogen (secondary N) is 1. The molecular weight excluding hydrogens is 425 g/mol. The molecule has 1 aromatic carbocycles. The first-order valence-corrected chi connectivity index (χ1v) is 10.4. The number of H-pyrrole nitrogens is 1. The fourth-order valence-electron chi connectivity index (χ4n) is 4.04. The van der Waals surface area contributed by atoms with Gasteiger partial charge in [-0.25, -0.2) is 9.67 Å². The van der Waals surface area contributed by atoms with Crippen molar-refractivity contribution in [3.8, 4) is 17.0 Å². The minimum absolute atomic E-state index is 0.0000841. The predicted octanol–water partition coefficient (Wildman–Crippen LogP) is 1.45. The van der Waals surface area contributed by atoms with Gasteiger partial charge in [0.25, 0.3) is 0 Å². The number of para-hydroxylation sites is 1. The molecular formula is C21H20BN7O4. The number of pyridine rings is 1. The molecule has 0 spiro atoms. The second kappa shape index (κ2) is 8.13. The van der Waals surface area contributed by atoms with Crippen molar-refractivity contribution in [2.45, 2.75) is 32.1 Å². The monoisotopic (exact) mass is 445 g/mol. The van der Waals surface area contributed by atoms with Crippen LogP contribution in [0.5, 0.6) is 5.75 Å². The Balaban J connectivity index is 1.27. The minimum atomic E-state index is -1.17. The zero-order valence-corrected chi connectivity index (χ0v) is 17.7. The number of rotatable bonds is 6. The van der Waals surface area contributed by atoms with E-state index in [-0.39, 0.29) is 24.5 Å². The molecule has 0 unspecified atom stereocenters. The van der Waals surface area contributed by atoms with E-state index in [9.17, 15) is 14.6 Å². The maximum atomic E-state index is 12.7. The number of aromatic amines is 1. The summed E-state index contributed by atoms with van der Waals surface area (Å²) in [5.74, 6) is 0.113. The Morgan fingerprint density at radius 2 is 2.24 bits per heavy atom. The van der Waals surface area contributed by atoms with Gasteiger partial charge in [-0.1, -0.05) is 17.3 Å². The number of anilines is 1. The van der Waals surface area contributed by atoms with Crippen LogP contribution in [-0.4, -0.2) is 53.9 Å². The standard InChI is InChI=1S/C21H20BN7O4/c1-11(30)16-4-2-3-12-5-14(22(32)33-19(12)16)7-15(31)9-29-10-18(25-28-29)13-6-17-20(23)26-27-21(17)24-8-13/h2-4,6,8,10,14,32H,5,7,9H2,1H3,(H3,23,24,26,27)/t14-/m1/s1. The molecule has 1 aliphatic rings. The number of carbonyl (C=O) groups is 2. The molecule has 1 aliphatic heterocycles. The number of Topliss-reactive ketones (excluding diaryl/α,β-unsaturated/α-hetero) is 2. The van der Waals surface area contributed by atoms with Crippen molar-refractivity contribution in [2.75, 3.05) is 5.73 Å². The van der Waals surface area contributed by atoms with Gasteiger partial charge in [0.05, 0.1) is 17.1 Å². The first-order valence-electron chi connectivity index (χ1n) is 10.4. The number of ketones is 2. The predicted molar refractivity (Wildman–Crippen MR) is 119 cm³/mol. The highest BCUT2D eigenvalue weighted by Crippen LogP contribution is 2.36. The van der Waals surface area contributed by atoms with E-state index in [1.165, 1.54) is 11.6 Å². The molecule has 33 heavy (non-hydrogen) atoms. The maximum absolute atomic E-state index is 12.7. The molecule has 11 nitrogen and oxygen atoms in total. The summed E-state index contributed by atoms with van der Waals surface area (Å²) in [5, 5.41) is 25.9. The highest BCUT2D eigenvalue weighted by atomic mass is 16.5. The molecule has 0 bridgehead atoms. The Labute approximate surface area is 188 Å². The molecule has 4 heterocycles. The molecule has 166 valence electrons. The van der Waals surface area contributed by atoms with E-state index in [1.807, 2.05) is 6.07 Å². The number of nitrogens with zero attached hydrogens (tertiary/aromatic N) is 5. The molecule has 0 aliphatic carbocycles. The largest absolute Gasteiger partial charge is 0.535 e. The van der Waals surface area contributed by atoms with Crippen LogP contribution < -0.4 is 10.4 Å². The molecule has 0 amide bonds. The fourth-order valence-corrected chi connectivity index (χ4v) is 4.04. The number of aromatic nitrogens is 6. The summed E-state index contributed by atoms with van der Waals surface area (Å²) in [4.78, 5) is 28.7. The zero-order valence-electron chi connectivity index (χ0n) is 17.7. The quantitative estimate of drug-likeness (QED) is 0.295. The van der Waals surface area contributed by atoms with E-state index in [0.29, 0.717) is 45.8 Å². The van der Waals surface area contributed by atoms with Crippen LogP contribution in [0.3, 0.4) is 0 Å². The summed E-state index contributed by atoms with van der Waals surface area (Å²) in [5.41, 5.74) is 8.83. The van der Waals surface area contributed by atoms with E-state index >= 15 is 0 Å². The van der Waals surface area contributed by atoms with Gasteiger partial charge >= 0.3 is 7.12 Å². The fraction of sp³-hybridized carbons (Fsp3) is 0.238. The van der Waals surface area contributed by atoms with Gasteiger partial charge in [0, 0.05) is 24.0 Å². The zero-order chi connectivity index (χ0) is 23.1. The number of nitrogen functional groups attached to an aromatic ring is 1. The van der Waals surface area contributed by atoms with Crippen molar-refractivity contribution in [3.05, 3.63) is 47.8 Å². The lowest BCUT2D eigenvalue weighted by molar-refractivity contribution is -0.120. The summed E-state index contributed by atoms with van der Waals surface area (Å²) in [6, 6.07) is 7.08. The molecule has 0 radical (unpaired) electrons. The maximum Gasteiger partial charge on any atom is 0.526 e. The smallest absolute Gasteiger partial charge is 0.526 e. The Morgan fingerprint density at radius 1 is 1.39 bits per heavy atom. The molecule has 3 aromatic heterocycles. The highest BCUT2D eigenvalue weighted by molar-refractivity contribution is 6.47. The summed E-state index contributed by atoms with van der Waals surface area (Å²) in [6.45, 7) is 1.45. The van der Waals surface area contributed by atoms with Gasteiger partial charge in [-0.2, -0.15) is 5.10 Å². The van der Waals surface area contributed by atoms with Crippen molar-refractivity contribution >= 4 is 35.5 Å². The van der Waals surface area contributed by atoms with Crippen molar-refractivity contribution in [1.82, 2.24) is 30.2 Å². The highest BCUT2D eigenvalue weighted by Gasteiger charge is 2.37. The molecule has 0 saturated heterocycles. The van der Waals surface area contributed by atoms with Gasteiger partial charge in [0.1, 0.15) is 23.8 Å². The van der Waals surface area contributed by atoms with Crippen LogP contribution in [-0.2, 0) is 17.8 Å². The van der Waals surface area contributed by atoms with Gasteiger partial charge < -0.3 is 15.4 Å². The van der Waals surface area contributed by atoms with Gasteiger partial charge in [-0.15, -0.1) is 5.10 Å². The lowest BCUT2D eigenvalue weighted by Gasteiger charge is -2.28. The van der Waals surface area contributed by atoms with E-state index < -0.39 is 12.9 Å². The topological polar surface area (TPSA) is 162 Å². The van der Waals surface area contributed by atoms with Gasteiger partial charge in [0.15, 0.2) is 17.2 Å². The molecule has 1 atom stereocenters. The molecule has 12 heteroatoms. The van der Waals surface area contributed by atoms with Crippen molar-refractivity contribution < 1.29 is 19.3 Å². The second-order valence-electron chi connectivity index (χ2n) is 8.10. The first kappa shape index (κ1) is 20.8. The number of hydrogen-bond donors (Lipinski definition) is 3. The van der Waals surface area contributed by atoms with Gasteiger partial charge in [-0.05, 0) is 31.0 Å². The minimum Gasteiger partial charge on any atom is -0.535 e. The lowest BCUT2D eigenvalue weighted by atomic mass is 9.64. The van der Waals surface area contributed by atoms with Crippen LogP contribution >= 0.6 is 0 Å². The number of benzene rings is 1. The van der Waals surface area contributed by atoms with Crippen LogP contribution in [0.25, 0.3) is 22.3 Å².